The van der Waals surface area contributed by atoms with Crippen LogP contribution in [0.1, 0.15) is 22.8 Å². The smallest absolute Gasteiger partial charge is 0.338 e. The van der Waals surface area contributed by atoms with Crippen LogP contribution >= 0.6 is 0 Å². The Kier molecular flexibility index (Phi) is 5.43. The zero-order valence-electron chi connectivity index (χ0n) is 12.5. The fourth-order valence-electron chi connectivity index (χ4n) is 1.84. The maximum Gasteiger partial charge on any atom is 0.338 e. The molecule has 0 spiro atoms. The fraction of sp³-hybridized carbons (Fsp3) is 0.176. The monoisotopic (exact) mass is 317 g/mol. The van der Waals surface area contributed by atoms with Crippen LogP contribution in [0.25, 0.3) is 0 Å². The van der Waals surface area contributed by atoms with Crippen LogP contribution in [0.3, 0.4) is 0 Å². The summed E-state index contributed by atoms with van der Waals surface area (Å²) in [6.07, 6.45) is -1.04. The Morgan fingerprint density at radius 3 is 2.52 bits per heavy atom. The summed E-state index contributed by atoms with van der Waals surface area (Å²) in [5, 5.41) is 11.4. The van der Waals surface area contributed by atoms with E-state index in [0.29, 0.717) is 5.56 Å². The average molecular weight is 317 g/mol. The van der Waals surface area contributed by atoms with E-state index in [-0.39, 0.29) is 17.9 Å². The van der Waals surface area contributed by atoms with Crippen molar-refractivity contribution in [1.82, 2.24) is 0 Å². The van der Waals surface area contributed by atoms with Crippen LogP contribution in [0, 0.1) is 5.82 Å². The maximum atomic E-state index is 13.1. The number of halogens is 1. The van der Waals surface area contributed by atoms with Crippen molar-refractivity contribution in [2.45, 2.75) is 19.6 Å². The number of hydrogen-bond acceptors (Lipinski definition) is 4. The van der Waals surface area contributed by atoms with Gasteiger partial charge in [0.2, 0.25) is 0 Å². The van der Waals surface area contributed by atoms with E-state index in [9.17, 15) is 14.0 Å². The zero-order chi connectivity index (χ0) is 16.8. The van der Waals surface area contributed by atoms with Crippen molar-refractivity contribution in [3.05, 3.63) is 65.5 Å². The fourth-order valence-corrected chi connectivity index (χ4v) is 1.84. The number of amides is 1. The Bertz CT molecular complexity index is 700. The molecule has 0 bridgehead atoms. The van der Waals surface area contributed by atoms with Gasteiger partial charge in [-0.15, -0.1) is 0 Å². The molecule has 0 aromatic heterocycles. The third-order valence-corrected chi connectivity index (χ3v) is 3.12. The summed E-state index contributed by atoms with van der Waals surface area (Å²) in [4.78, 5) is 23.9. The predicted octanol–water partition coefficient (Wildman–Crippen LogP) is 2.50. The first-order chi connectivity index (χ1) is 11.0. The van der Waals surface area contributed by atoms with Crippen LogP contribution in [-0.4, -0.2) is 23.1 Å². The van der Waals surface area contributed by atoms with E-state index in [1.54, 1.807) is 12.1 Å². The third-order valence-electron chi connectivity index (χ3n) is 3.12. The molecule has 0 aliphatic rings. The molecule has 0 unspecified atom stereocenters. The van der Waals surface area contributed by atoms with Gasteiger partial charge in [-0.05, 0) is 42.8 Å². The van der Waals surface area contributed by atoms with Crippen LogP contribution < -0.4 is 5.32 Å². The number of esters is 1. The molecule has 2 aromatic rings. The van der Waals surface area contributed by atoms with E-state index in [1.165, 1.54) is 43.3 Å². The SMILES string of the molecule is C[C@@H](OC(=O)c1ccc(CO)cc1)C(=O)Nc1cccc(F)c1. The standard InChI is InChI=1S/C17H16FNO4/c1-11(16(21)19-15-4-2-3-14(18)9-15)23-17(22)13-7-5-12(10-20)6-8-13/h2-9,11,20H,10H2,1H3,(H,19,21)/t11-/m1/s1. The van der Waals surface area contributed by atoms with Gasteiger partial charge in [-0.1, -0.05) is 18.2 Å². The van der Waals surface area contributed by atoms with Crippen molar-refractivity contribution in [3.63, 3.8) is 0 Å². The van der Waals surface area contributed by atoms with Crippen molar-refractivity contribution in [2.24, 2.45) is 0 Å². The van der Waals surface area contributed by atoms with Crippen molar-refractivity contribution in [3.8, 4) is 0 Å². The van der Waals surface area contributed by atoms with Crippen LogP contribution in [0.4, 0.5) is 10.1 Å². The largest absolute Gasteiger partial charge is 0.449 e. The lowest BCUT2D eigenvalue weighted by atomic mass is 10.1. The van der Waals surface area contributed by atoms with E-state index in [2.05, 4.69) is 5.32 Å². The lowest BCUT2D eigenvalue weighted by Crippen LogP contribution is -2.30. The lowest BCUT2D eigenvalue weighted by Gasteiger charge is -2.13. The number of ether oxygens (including phenoxy) is 1. The molecular weight excluding hydrogens is 301 g/mol. The molecule has 0 heterocycles. The molecular formula is C17H16FNO4. The summed E-state index contributed by atoms with van der Waals surface area (Å²) in [6.45, 7) is 1.30. The molecule has 0 aliphatic carbocycles. The second kappa shape index (κ2) is 7.51. The van der Waals surface area contributed by atoms with E-state index >= 15 is 0 Å². The predicted molar refractivity (Wildman–Crippen MR) is 82.3 cm³/mol. The number of hydrogen-bond donors (Lipinski definition) is 2. The summed E-state index contributed by atoms with van der Waals surface area (Å²) < 4.78 is 18.1. The summed E-state index contributed by atoms with van der Waals surface area (Å²) >= 11 is 0. The summed E-state index contributed by atoms with van der Waals surface area (Å²) in [7, 11) is 0. The van der Waals surface area contributed by atoms with Gasteiger partial charge < -0.3 is 15.2 Å². The molecule has 2 N–H and O–H groups in total. The zero-order valence-corrected chi connectivity index (χ0v) is 12.5. The van der Waals surface area contributed by atoms with E-state index in [4.69, 9.17) is 9.84 Å². The average Bonchev–Trinajstić information content (AvgIpc) is 2.54. The highest BCUT2D eigenvalue weighted by Gasteiger charge is 2.19. The molecule has 0 radical (unpaired) electrons. The first kappa shape index (κ1) is 16.6. The quantitative estimate of drug-likeness (QED) is 0.831. The second-order valence-corrected chi connectivity index (χ2v) is 4.90. The molecule has 0 fully saturated rings. The maximum absolute atomic E-state index is 13.1. The first-order valence-corrected chi connectivity index (χ1v) is 6.97. The molecule has 0 saturated carbocycles. The number of benzene rings is 2. The molecule has 2 rings (SSSR count). The van der Waals surface area contributed by atoms with Gasteiger partial charge in [0.25, 0.3) is 5.91 Å². The lowest BCUT2D eigenvalue weighted by molar-refractivity contribution is -0.123. The van der Waals surface area contributed by atoms with Crippen molar-refractivity contribution in [2.75, 3.05) is 5.32 Å². The molecule has 0 saturated heterocycles. The normalized spacial score (nSPS) is 11.6. The van der Waals surface area contributed by atoms with Gasteiger partial charge in [-0.25, -0.2) is 9.18 Å². The van der Waals surface area contributed by atoms with Gasteiger partial charge in [0, 0.05) is 5.69 Å². The van der Waals surface area contributed by atoms with E-state index in [1.807, 2.05) is 0 Å². The second-order valence-electron chi connectivity index (χ2n) is 4.90. The topological polar surface area (TPSA) is 75.6 Å². The van der Waals surface area contributed by atoms with Crippen LogP contribution in [0.5, 0.6) is 0 Å². The summed E-state index contributed by atoms with van der Waals surface area (Å²) in [5.41, 5.74) is 1.22. The van der Waals surface area contributed by atoms with Gasteiger partial charge in [0.05, 0.1) is 12.2 Å². The number of carbonyl (C=O) groups is 2. The minimum Gasteiger partial charge on any atom is -0.449 e. The molecule has 0 aliphatic heterocycles. The Balaban J connectivity index is 1.95. The molecule has 1 atom stereocenters. The van der Waals surface area contributed by atoms with Gasteiger partial charge in [-0.2, -0.15) is 0 Å². The highest BCUT2D eigenvalue weighted by molar-refractivity contribution is 5.97. The van der Waals surface area contributed by atoms with Crippen molar-refractivity contribution >= 4 is 17.6 Å². The Morgan fingerprint density at radius 2 is 1.91 bits per heavy atom. The molecule has 23 heavy (non-hydrogen) atoms. The first-order valence-electron chi connectivity index (χ1n) is 6.97. The van der Waals surface area contributed by atoms with E-state index < -0.39 is 23.8 Å². The Hall–Kier alpha value is -2.73. The summed E-state index contributed by atoms with van der Waals surface area (Å²) in [6, 6.07) is 11.6. The molecule has 5 nitrogen and oxygen atoms in total. The van der Waals surface area contributed by atoms with Gasteiger partial charge in [0.1, 0.15) is 5.82 Å². The molecule has 1 amide bonds. The van der Waals surface area contributed by atoms with Crippen LogP contribution in [0.15, 0.2) is 48.5 Å². The van der Waals surface area contributed by atoms with Crippen molar-refractivity contribution < 1.29 is 23.8 Å². The number of carbonyl (C=O) groups excluding carboxylic acids is 2. The Labute approximate surface area is 132 Å². The number of rotatable bonds is 5. The van der Waals surface area contributed by atoms with Crippen molar-refractivity contribution in [1.29, 1.82) is 0 Å². The van der Waals surface area contributed by atoms with Gasteiger partial charge in [0.15, 0.2) is 6.10 Å². The highest BCUT2D eigenvalue weighted by atomic mass is 19.1. The molecule has 6 heteroatoms. The summed E-state index contributed by atoms with van der Waals surface area (Å²) in [5.74, 6) is -1.69. The third kappa shape index (κ3) is 4.62. The number of anilines is 1. The number of aliphatic hydroxyl groups excluding tert-OH is 1. The van der Waals surface area contributed by atoms with Gasteiger partial charge in [-0.3, -0.25) is 4.79 Å². The Morgan fingerprint density at radius 1 is 1.22 bits per heavy atom. The molecule has 120 valence electrons. The highest BCUT2D eigenvalue weighted by Crippen LogP contribution is 2.11. The minimum absolute atomic E-state index is 0.123. The van der Waals surface area contributed by atoms with Gasteiger partial charge >= 0.3 is 5.97 Å². The molecule has 2 aromatic carbocycles. The van der Waals surface area contributed by atoms with Crippen LogP contribution in [-0.2, 0) is 16.1 Å². The number of nitrogens with one attached hydrogen (secondary N) is 1. The van der Waals surface area contributed by atoms with Crippen LogP contribution in [0.2, 0.25) is 0 Å². The number of aliphatic hydroxyl groups is 1. The van der Waals surface area contributed by atoms with E-state index in [0.717, 1.165) is 0 Å². The minimum atomic E-state index is -1.04.